The highest BCUT2D eigenvalue weighted by Gasteiger charge is 2.44. The molecule has 0 radical (unpaired) electrons. The average molecular weight is 613 g/mol. The number of urea groups is 1. The van der Waals surface area contributed by atoms with Gasteiger partial charge in [-0.3, -0.25) is 14.7 Å². The number of likely N-dealkylation sites (N-methyl/N-ethyl adjacent to an activating group) is 1. The first-order chi connectivity index (χ1) is 21.5. The van der Waals surface area contributed by atoms with Crippen molar-refractivity contribution in [1.82, 2.24) is 30.6 Å². The van der Waals surface area contributed by atoms with E-state index in [1.807, 2.05) is 63.2 Å². The van der Waals surface area contributed by atoms with Crippen molar-refractivity contribution >= 4 is 29.4 Å². The zero-order valence-electron chi connectivity index (χ0n) is 26.5. The maximum atomic E-state index is 13.7. The van der Waals surface area contributed by atoms with Gasteiger partial charge in [-0.25, -0.2) is 4.79 Å². The number of nitrogens with zero attached hydrogens (tertiary/aromatic N) is 3. The number of carbonyl (C=O) groups excluding carboxylic acids is 3. The molecule has 11 heteroatoms. The van der Waals surface area contributed by atoms with E-state index in [1.54, 1.807) is 24.3 Å². The molecule has 45 heavy (non-hydrogen) atoms. The molecule has 1 fully saturated rings. The lowest BCUT2D eigenvalue weighted by Gasteiger charge is -2.34. The van der Waals surface area contributed by atoms with Gasteiger partial charge in [0.2, 0.25) is 5.91 Å². The van der Waals surface area contributed by atoms with Gasteiger partial charge in [0.25, 0.3) is 5.91 Å². The van der Waals surface area contributed by atoms with Crippen molar-refractivity contribution in [2.75, 3.05) is 31.3 Å². The predicted octanol–water partition coefficient (Wildman–Crippen LogP) is 4.75. The number of aromatic nitrogens is 2. The number of anilines is 2. The molecule has 5 rings (SSSR count). The number of carbonyl (C=O) groups is 3. The van der Waals surface area contributed by atoms with Crippen molar-refractivity contribution in [2.45, 2.75) is 69.7 Å². The first kappa shape index (κ1) is 31.8. The van der Waals surface area contributed by atoms with Gasteiger partial charge in [-0.2, -0.15) is 5.10 Å². The summed E-state index contributed by atoms with van der Waals surface area (Å²) in [7, 11) is 4.00. The molecule has 4 amide bonds. The highest BCUT2D eigenvalue weighted by molar-refractivity contribution is 5.99. The summed E-state index contributed by atoms with van der Waals surface area (Å²) in [5.41, 5.74) is 3.55. The summed E-state index contributed by atoms with van der Waals surface area (Å²) in [4.78, 5) is 42.2. The zero-order valence-corrected chi connectivity index (χ0v) is 26.5. The van der Waals surface area contributed by atoms with Crippen LogP contribution in [-0.4, -0.2) is 70.6 Å². The number of nitrogens with one attached hydrogen (secondary N) is 5. The fourth-order valence-electron chi connectivity index (χ4n) is 6.29. The fourth-order valence-corrected chi connectivity index (χ4v) is 6.29. The molecule has 2 heterocycles. The molecule has 238 valence electrons. The van der Waals surface area contributed by atoms with Gasteiger partial charge in [0, 0.05) is 35.4 Å². The molecule has 1 aliphatic heterocycles. The monoisotopic (exact) mass is 612 g/mol. The van der Waals surface area contributed by atoms with Crippen LogP contribution in [-0.2, 0) is 16.9 Å². The highest BCUT2D eigenvalue weighted by Crippen LogP contribution is 2.41. The van der Waals surface area contributed by atoms with E-state index in [0.29, 0.717) is 24.3 Å². The molecule has 5 N–H and O–H groups in total. The average Bonchev–Trinajstić information content (AvgIpc) is 3.54. The van der Waals surface area contributed by atoms with Crippen molar-refractivity contribution < 1.29 is 14.4 Å². The molecule has 0 bridgehead atoms. The molecule has 11 nitrogen and oxygen atoms in total. The summed E-state index contributed by atoms with van der Waals surface area (Å²) in [5.74, 6) is 0.316. The van der Waals surface area contributed by atoms with Crippen LogP contribution in [0.3, 0.4) is 0 Å². The smallest absolute Gasteiger partial charge is 0.319 e. The molecule has 3 atom stereocenters. The van der Waals surface area contributed by atoms with Crippen LogP contribution in [0.1, 0.15) is 72.8 Å². The van der Waals surface area contributed by atoms with Crippen molar-refractivity contribution in [1.29, 1.82) is 0 Å². The summed E-state index contributed by atoms with van der Waals surface area (Å²) in [6.45, 7) is 8.65. The number of H-pyrrole nitrogens is 1. The maximum Gasteiger partial charge on any atom is 0.319 e. The van der Waals surface area contributed by atoms with Crippen LogP contribution >= 0.6 is 0 Å². The van der Waals surface area contributed by atoms with E-state index in [2.05, 4.69) is 42.9 Å². The van der Waals surface area contributed by atoms with E-state index >= 15 is 0 Å². The lowest BCUT2D eigenvalue weighted by Crippen LogP contribution is -2.48. The summed E-state index contributed by atoms with van der Waals surface area (Å²) in [6, 6.07) is 16.7. The number of aromatic amines is 1. The van der Waals surface area contributed by atoms with Crippen molar-refractivity contribution in [3.8, 4) is 0 Å². The lowest BCUT2D eigenvalue weighted by atomic mass is 9.90. The molecule has 1 aromatic heterocycles. The highest BCUT2D eigenvalue weighted by atomic mass is 16.2. The Morgan fingerprint density at radius 1 is 1.09 bits per heavy atom. The third kappa shape index (κ3) is 7.37. The van der Waals surface area contributed by atoms with Crippen LogP contribution in [0.4, 0.5) is 16.3 Å². The number of rotatable bonds is 10. The third-order valence-electron chi connectivity index (χ3n) is 8.71. The fraction of sp³-hybridized carbons (Fsp3) is 0.412. The first-order valence-corrected chi connectivity index (χ1v) is 15.5. The van der Waals surface area contributed by atoms with Crippen LogP contribution in [0, 0.1) is 0 Å². The second-order valence-electron chi connectivity index (χ2n) is 12.7. The minimum atomic E-state index is -0.571. The Morgan fingerprint density at radius 2 is 1.80 bits per heavy atom. The number of fused-ring (bicyclic) bond motifs is 1. The van der Waals surface area contributed by atoms with E-state index < -0.39 is 5.54 Å². The summed E-state index contributed by atoms with van der Waals surface area (Å²) in [5, 5.41) is 20.6. The van der Waals surface area contributed by atoms with E-state index in [4.69, 9.17) is 0 Å². The number of benzene rings is 2. The van der Waals surface area contributed by atoms with Gasteiger partial charge in [0.15, 0.2) is 5.82 Å². The Kier molecular flexibility index (Phi) is 9.57. The minimum absolute atomic E-state index is 0.0150. The quantitative estimate of drug-likeness (QED) is 0.210. The van der Waals surface area contributed by atoms with Gasteiger partial charge in [0.05, 0.1) is 23.8 Å². The van der Waals surface area contributed by atoms with Crippen LogP contribution in [0.15, 0.2) is 67.3 Å². The van der Waals surface area contributed by atoms with Crippen LogP contribution in [0.25, 0.3) is 0 Å². The summed E-state index contributed by atoms with van der Waals surface area (Å²) < 4.78 is 0. The summed E-state index contributed by atoms with van der Waals surface area (Å²) in [6.07, 6.45) is 4.79. The van der Waals surface area contributed by atoms with E-state index in [9.17, 15) is 14.4 Å². The Bertz CT molecular complexity index is 1520. The van der Waals surface area contributed by atoms with Crippen LogP contribution < -0.4 is 21.3 Å². The van der Waals surface area contributed by atoms with Gasteiger partial charge in [-0.15, -0.1) is 0 Å². The van der Waals surface area contributed by atoms with Gasteiger partial charge in [0.1, 0.15) is 0 Å². The minimum Gasteiger partial charge on any atom is -0.366 e. The summed E-state index contributed by atoms with van der Waals surface area (Å²) >= 11 is 0. The molecule has 1 saturated carbocycles. The molecular formula is C34H44N8O3. The van der Waals surface area contributed by atoms with Gasteiger partial charge in [-0.1, -0.05) is 36.9 Å². The van der Waals surface area contributed by atoms with Gasteiger partial charge >= 0.3 is 6.03 Å². The Labute approximate surface area is 264 Å². The standard InChI is InChI=1S/C34H44N8O3/c1-6-29(43)35-24-17-15-23(16-18-24)32(44)37-26-14-10-13-25(19-26)36-31-27-20-42(34(2,3)30(27)39-40-31)33(45)38-28(21-41(4)5)22-11-8-7-9-12-22/h6-9,11-12,15-18,25-26,28H,1,10,13-14,19-21H2,2-5H3,(H,35,43)(H,37,44)(H,38,45)(H2,36,39,40)/t25-,26+,28-/m1/s1. The topological polar surface area (TPSA) is 134 Å². The molecule has 2 aromatic carbocycles. The largest absolute Gasteiger partial charge is 0.366 e. The van der Waals surface area contributed by atoms with Crippen LogP contribution in [0.5, 0.6) is 0 Å². The second kappa shape index (κ2) is 13.6. The predicted molar refractivity (Wildman–Crippen MR) is 176 cm³/mol. The third-order valence-corrected chi connectivity index (χ3v) is 8.71. The van der Waals surface area contributed by atoms with E-state index in [-0.39, 0.29) is 36.0 Å². The normalized spacial score (nSPS) is 19.4. The van der Waals surface area contributed by atoms with Crippen molar-refractivity contribution in [3.05, 3.63) is 89.6 Å². The van der Waals surface area contributed by atoms with E-state index in [0.717, 1.165) is 48.3 Å². The molecule has 0 saturated heterocycles. The van der Waals surface area contributed by atoms with Crippen molar-refractivity contribution in [3.63, 3.8) is 0 Å². The molecule has 0 unspecified atom stereocenters. The molecule has 1 aliphatic carbocycles. The SMILES string of the molecule is C=CC(=O)Nc1ccc(C(=O)N[C@H]2CCC[C@@H](Nc3n[nH]c4c3CN(C(=O)N[C@H](CN(C)C)c3ccccc3)C4(C)C)C2)cc1. The zero-order chi connectivity index (χ0) is 32.1. The van der Waals surface area contributed by atoms with Gasteiger partial charge < -0.3 is 31.1 Å². The number of hydrogen-bond acceptors (Lipinski definition) is 6. The lowest BCUT2D eigenvalue weighted by molar-refractivity contribution is -0.111. The van der Waals surface area contributed by atoms with Gasteiger partial charge in [-0.05, 0) is 89.5 Å². The number of amides is 4. The van der Waals surface area contributed by atoms with Crippen LogP contribution in [0.2, 0.25) is 0 Å². The molecule has 3 aromatic rings. The Hall–Kier alpha value is -4.64. The van der Waals surface area contributed by atoms with Crippen molar-refractivity contribution in [2.24, 2.45) is 0 Å². The van der Waals surface area contributed by atoms with E-state index in [1.165, 1.54) is 6.08 Å². The first-order valence-electron chi connectivity index (χ1n) is 15.5. The molecule has 0 spiro atoms. The molecule has 2 aliphatic rings. The Morgan fingerprint density at radius 3 is 2.49 bits per heavy atom. The molecular weight excluding hydrogens is 568 g/mol. The maximum absolute atomic E-state index is 13.7. The number of hydrogen-bond donors (Lipinski definition) is 5. The second-order valence-corrected chi connectivity index (χ2v) is 12.7. The Balaban J connectivity index is 1.20.